The van der Waals surface area contributed by atoms with Gasteiger partial charge in [-0.25, -0.2) is 0 Å². The van der Waals surface area contributed by atoms with Crippen molar-refractivity contribution >= 4 is 34.1 Å². The molecule has 466 valence electrons. The van der Waals surface area contributed by atoms with E-state index in [1.165, 1.54) is 128 Å². The van der Waals surface area contributed by atoms with Gasteiger partial charge in [-0.15, -0.1) is 0 Å². The van der Waals surface area contributed by atoms with Crippen molar-refractivity contribution in [3.8, 4) is 57.1 Å². The topological polar surface area (TPSA) is 61.9 Å². The minimum atomic E-state index is 0.737. The number of hydrogen-bond acceptors (Lipinski definition) is 8. The molecule has 0 aliphatic carbocycles. The van der Waals surface area contributed by atoms with E-state index in [0.29, 0.717) is 0 Å². The molecule has 0 saturated heterocycles. The van der Waals surface area contributed by atoms with E-state index in [2.05, 4.69) is 183 Å². The summed E-state index contributed by atoms with van der Waals surface area (Å²) in [5.74, 6) is 6.60. The molecule has 8 aromatic rings. The Morgan fingerprint density at radius 2 is 0.364 bits per heavy atom. The normalized spacial score (nSPS) is 11.1. The lowest BCUT2D eigenvalue weighted by Gasteiger charge is -2.26. The van der Waals surface area contributed by atoms with Gasteiger partial charge in [0.1, 0.15) is 46.0 Å². The molecule has 0 atom stereocenters. The van der Waals surface area contributed by atoms with E-state index in [0.717, 1.165) is 143 Å². The highest BCUT2D eigenvalue weighted by Crippen LogP contribution is 2.40. The average Bonchev–Trinajstić information content (AvgIpc) is 2.17. The summed E-state index contributed by atoms with van der Waals surface area (Å²) in [4.78, 5) is 4.52. The van der Waals surface area contributed by atoms with Crippen molar-refractivity contribution in [3.63, 3.8) is 0 Å². The molecule has 0 unspecified atom stereocenters. The lowest BCUT2D eigenvalue weighted by atomic mass is 10.1. The maximum absolute atomic E-state index is 6.43. The molecule has 0 radical (unpaired) electrons. The molecule has 0 heterocycles. The van der Waals surface area contributed by atoms with Crippen LogP contribution < -0.4 is 38.2 Å². The number of unbranched alkanes of at least 4 members (excludes halogenated alkanes) is 20. The third kappa shape index (κ3) is 22.4. The van der Waals surface area contributed by atoms with Crippen LogP contribution in [0, 0.1) is 0 Å². The number of rotatable bonds is 43. The highest BCUT2D eigenvalue weighted by Gasteiger charge is 2.17. The van der Waals surface area contributed by atoms with Crippen molar-refractivity contribution in [2.45, 2.75) is 182 Å². The Bertz CT molecular complexity index is 2750. The fourth-order valence-electron chi connectivity index (χ4n) is 11.0. The van der Waals surface area contributed by atoms with Crippen molar-refractivity contribution in [1.82, 2.24) is 0 Å². The molecule has 0 aromatic heterocycles. The third-order valence-electron chi connectivity index (χ3n) is 16.1. The molecule has 0 saturated carbocycles. The maximum Gasteiger partial charge on any atom is 0.127 e. The van der Waals surface area contributed by atoms with Gasteiger partial charge in [-0.05, 0) is 207 Å². The van der Waals surface area contributed by atoms with Crippen LogP contribution in [0.1, 0.15) is 182 Å². The van der Waals surface area contributed by atoms with E-state index in [1.807, 2.05) is 48.5 Å². The van der Waals surface area contributed by atoms with E-state index in [1.54, 1.807) is 0 Å². The molecule has 8 rings (SSSR count). The van der Waals surface area contributed by atoms with Gasteiger partial charge in [0.25, 0.3) is 0 Å². The van der Waals surface area contributed by atoms with Crippen LogP contribution in [0.2, 0.25) is 0 Å². The van der Waals surface area contributed by atoms with Crippen LogP contribution in [0.5, 0.6) is 46.0 Å². The fourth-order valence-corrected chi connectivity index (χ4v) is 11.0. The molecule has 0 amide bonds. The minimum Gasteiger partial charge on any atom is -0.494 e. The quantitative estimate of drug-likeness (QED) is 0.0350. The average molecular weight is 1190 g/mol. The minimum absolute atomic E-state index is 0.737. The highest BCUT2D eigenvalue weighted by molar-refractivity contribution is 5.79. The molecular weight excluding hydrogens is 1080 g/mol. The lowest BCUT2D eigenvalue weighted by molar-refractivity contribution is 0.304. The lowest BCUT2D eigenvalue weighted by Crippen LogP contribution is -2.10. The van der Waals surface area contributed by atoms with Gasteiger partial charge in [-0.2, -0.15) is 0 Å². The molecule has 88 heavy (non-hydrogen) atoms. The van der Waals surface area contributed by atoms with E-state index >= 15 is 0 Å². The van der Waals surface area contributed by atoms with Crippen molar-refractivity contribution in [2.24, 2.45) is 0 Å². The Hall–Kier alpha value is -7.84. The summed E-state index contributed by atoms with van der Waals surface area (Å²) in [5.41, 5.74) is 8.36. The summed E-state index contributed by atoms with van der Waals surface area (Å²) in [6, 6.07) is 66.9. The maximum atomic E-state index is 6.43. The number of nitrogens with zero attached hydrogens (tertiary/aromatic N) is 2. The zero-order chi connectivity index (χ0) is 61.1. The highest BCUT2D eigenvalue weighted by atomic mass is 16.5. The number of ether oxygens (including phenoxy) is 6. The summed E-state index contributed by atoms with van der Waals surface area (Å²) in [7, 11) is 0. The Morgan fingerprint density at radius 1 is 0.193 bits per heavy atom. The van der Waals surface area contributed by atoms with Crippen LogP contribution in [0.25, 0.3) is 11.1 Å². The molecule has 0 bridgehead atoms. The number of anilines is 6. The first-order chi connectivity index (χ1) is 43.5. The summed E-state index contributed by atoms with van der Waals surface area (Å²) in [6.07, 6.45) is 29.8. The molecule has 8 heteroatoms. The van der Waals surface area contributed by atoms with Gasteiger partial charge in [0.15, 0.2) is 0 Å². The third-order valence-corrected chi connectivity index (χ3v) is 16.1. The molecule has 0 fully saturated rings. The predicted octanol–water partition coefficient (Wildman–Crippen LogP) is 24.8. The van der Waals surface area contributed by atoms with E-state index in [4.69, 9.17) is 28.4 Å². The van der Waals surface area contributed by atoms with Crippen molar-refractivity contribution in [3.05, 3.63) is 194 Å². The number of hydrogen-bond donors (Lipinski definition) is 0. The van der Waals surface area contributed by atoms with E-state index in [9.17, 15) is 0 Å². The van der Waals surface area contributed by atoms with Crippen molar-refractivity contribution in [1.29, 1.82) is 0 Å². The Morgan fingerprint density at radius 3 is 0.568 bits per heavy atom. The second-order valence-electron chi connectivity index (χ2n) is 23.4. The van der Waals surface area contributed by atoms with Crippen LogP contribution >= 0.6 is 0 Å². The summed E-state index contributed by atoms with van der Waals surface area (Å²) >= 11 is 0. The van der Waals surface area contributed by atoms with Crippen LogP contribution in [0.15, 0.2) is 194 Å². The van der Waals surface area contributed by atoms with Gasteiger partial charge in [0.05, 0.1) is 26.4 Å². The monoisotopic (exact) mass is 1180 g/mol. The Balaban J connectivity index is 0.876. The molecule has 0 aliphatic heterocycles. The van der Waals surface area contributed by atoms with Gasteiger partial charge < -0.3 is 38.2 Å². The summed E-state index contributed by atoms with van der Waals surface area (Å²) in [6.45, 7) is 12.0. The van der Waals surface area contributed by atoms with Crippen LogP contribution in [0.4, 0.5) is 34.1 Å². The zero-order valence-corrected chi connectivity index (χ0v) is 53.6. The summed E-state index contributed by atoms with van der Waals surface area (Å²) < 4.78 is 37.6. The zero-order valence-electron chi connectivity index (χ0n) is 53.6. The standard InChI is InChI=1S/C80H100N2O6/c1-5-9-13-17-21-25-61-83-73-49-33-67(34-50-73)81(68-35-51-74(52-36-68)84-62-26-22-18-14-10-6-2)71-41-57-79(58-42-71)87-77-45-29-65(30-46-77)66-31-47-78(48-32-66)88-80-59-43-72(44-60-80)82(69-37-53-75(54-38-69)85-63-27-23-19-15-11-7-3)70-39-55-76(56-40-70)86-64-28-24-20-16-12-8-4/h29-60H,5-28,61-64H2,1-4H3. The van der Waals surface area contributed by atoms with E-state index in [-0.39, 0.29) is 0 Å². The largest absolute Gasteiger partial charge is 0.494 e. The molecule has 8 nitrogen and oxygen atoms in total. The molecule has 0 aliphatic rings. The molecule has 8 aromatic carbocycles. The Kier molecular flexibility index (Phi) is 28.9. The van der Waals surface area contributed by atoms with Gasteiger partial charge in [-0.1, -0.05) is 180 Å². The van der Waals surface area contributed by atoms with Gasteiger partial charge in [-0.3, -0.25) is 0 Å². The SMILES string of the molecule is CCCCCCCCOc1ccc(N(c2ccc(OCCCCCCCC)cc2)c2ccc(Oc3ccc(-c4ccc(Oc5ccc(N(c6ccc(OCCCCCCCC)cc6)c6ccc(OCCCCCCCC)cc6)cc5)cc4)cc3)cc2)cc1. The molecule has 0 N–H and O–H groups in total. The van der Waals surface area contributed by atoms with Gasteiger partial charge >= 0.3 is 0 Å². The smallest absolute Gasteiger partial charge is 0.127 e. The van der Waals surface area contributed by atoms with Crippen LogP contribution in [-0.4, -0.2) is 26.4 Å². The van der Waals surface area contributed by atoms with Crippen LogP contribution in [-0.2, 0) is 0 Å². The Labute approximate surface area is 529 Å². The number of benzene rings is 8. The second kappa shape index (κ2) is 38.4. The van der Waals surface area contributed by atoms with E-state index < -0.39 is 0 Å². The first-order valence-corrected chi connectivity index (χ1v) is 33.8. The van der Waals surface area contributed by atoms with Crippen molar-refractivity contribution in [2.75, 3.05) is 36.2 Å². The van der Waals surface area contributed by atoms with Crippen LogP contribution in [0.3, 0.4) is 0 Å². The van der Waals surface area contributed by atoms with Gasteiger partial charge in [0.2, 0.25) is 0 Å². The van der Waals surface area contributed by atoms with Crippen molar-refractivity contribution < 1.29 is 28.4 Å². The fraction of sp³-hybridized carbons (Fsp3) is 0.400. The molecular formula is C80H100N2O6. The summed E-state index contributed by atoms with van der Waals surface area (Å²) in [5, 5.41) is 0. The second-order valence-corrected chi connectivity index (χ2v) is 23.4. The first-order valence-electron chi connectivity index (χ1n) is 33.8. The van der Waals surface area contributed by atoms with Gasteiger partial charge in [0, 0.05) is 34.1 Å². The molecule has 0 spiro atoms. The first kappa shape index (κ1) is 66.1. The predicted molar refractivity (Wildman–Crippen MR) is 370 cm³/mol.